The van der Waals surface area contributed by atoms with Gasteiger partial charge in [0.1, 0.15) is 0 Å². The van der Waals surface area contributed by atoms with Crippen LogP contribution in [0, 0.1) is 0 Å². The highest BCUT2D eigenvalue weighted by molar-refractivity contribution is 9.11. The minimum Gasteiger partial charge on any atom is -0.308 e. The molecule has 11 aromatic carbocycles. The summed E-state index contributed by atoms with van der Waals surface area (Å²) in [6.07, 6.45) is 14.6. The van der Waals surface area contributed by atoms with Crippen molar-refractivity contribution >= 4 is 151 Å². The molecule has 0 aliphatic rings. The molecule has 15 aromatic heterocycles. The van der Waals surface area contributed by atoms with E-state index in [1.165, 1.54) is 0 Å². The summed E-state index contributed by atoms with van der Waals surface area (Å²) in [6.45, 7) is 0. The predicted molar refractivity (Wildman–Crippen MR) is 577 cm³/mol. The molecule has 22 heteroatoms. The summed E-state index contributed by atoms with van der Waals surface area (Å²) in [6, 6.07) is 135. The van der Waals surface area contributed by atoms with Gasteiger partial charge in [-0.05, 0) is 231 Å². The van der Waals surface area contributed by atoms with Crippen LogP contribution in [0.3, 0.4) is 0 Å². The summed E-state index contributed by atoms with van der Waals surface area (Å²) in [7, 11) is 0. The van der Waals surface area contributed by atoms with Crippen LogP contribution in [-0.4, -0.2) is 88.0 Å². The first-order valence-electron chi connectivity index (χ1n) is 45.2. The van der Waals surface area contributed by atoms with E-state index in [9.17, 15) is 0 Å². The molecular weight excluding hydrogens is 1990 g/mol. The molecule has 0 atom stereocenters. The number of rotatable bonds is 14. The summed E-state index contributed by atoms with van der Waals surface area (Å²) in [4.78, 5) is 66.5. The first-order chi connectivity index (χ1) is 69.0. The average Bonchev–Trinajstić information content (AvgIpc) is 1.61. The molecule has 0 amide bonds. The smallest absolute Gasteiger partial charge is 0.164 e. The number of fused-ring (bicyclic) bond motifs is 12. The number of nitrogens with zero attached hydrogens (tertiary/aromatic N) is 18. The summed E-state index contributed by atoms with van der Waals surface area (Å²) in [5.41, 5.74) is 31.3. The maximum absolute atomic E-state index is 5.02. The van der Waals surface area contributed by atoms with E-state index < -0.39 is 0 Å². The molecule has 0 saturated carbocycles. The number of pyridine rings is 9. The fourth-order valence-electron chi connectivity index (χ4n) is 18.0. The summed E-state index contributed by atoms with van der Waals surface area (Å²) in [5, 5.41) is 4.44. The second-order valence-electron chi connectivity index (χ2n) is 33.0. The van der Waals surface area contributed by atoms with E-state index in [0.717, 1.165) is 218 Å². The highest BCUT2D eigenvalue weighted by Crippen LogP contribution is 2.42. The van der Waals surface area contributed by atoms with Gasteiger partial charge in [0.2, 0.25) is 0 Å². The fourth-order valence-corrected chi connectivity index (χ4v) is 19.4. The van der Waals surface area contributed by atoms with Crippen LogP contribution < -0.4 is 0 Å². The van der Waals surface area contributed by atoms with Gasteiger partial charge < -0.3 is 18.3 Å². The quantitative estimate of drug-likeness (QED) is 0.0995. The van der Waals surface area contributed by atoms with E-state index in [-0.39, 0.29) is 0 Å². The van der Waals surface area contributed by atoms with E-state index in [1.807, 2.05) is 262 Å². The molecule has 0 unspecified atom stereocenters. The maximum Gasteiger partial charge on any atom is 0.164 e. The Morgan fingerprint density at radius 1 is 0.150 bits per heavy atom. The third-order valence-electron chi connectivity index (χ3n) is 24.2. The molecule has 0 aliphatic carbocycles. The number of hydrogen-bond donors (Lipinski definition) is 0. The Bertz CT molecular complexity index is 8360. The Kier molecular flexibility index (Phi) is 24.0. The Morgan fingerprint density at radius 2 is 0.436 bits per heavy atom. The molecule has 0 bridgehead atoms. The third-order valence-corrected chi connectivity index (χ3v) is 26.2. The number of aromatic nitrogens is 18. The Labute approximate surface area is 836 Å². The normalized spacial score (nSPS) is 11.3. The van der Waals surface area contributed by atoms with Gasteiger partial charge in [0.05, 0.1) is 117 Å². The zero-order valence-corrected chi connectivity index (χ0v) is 80.6. The van der Waals surface area contributed by atoms with Crippen molar-refractivity contribution in [3.63, 3.8) is 0 Å². The standard InChI is InChI=1S/C33H21BrN4.C32H20BrN5.C27H17BrN4.C26H16BrN5/c34-25-16-17-27-31(20-25)38(30-15-8-18-35-32(27)30)26-14-7-13-24(19-26)29-21-28(22-9-3-1-4-10-22)36-33(37-29)23-11-5-2-6-12-23;33-24-16-17-26-28(20-24)38(27-15-8-18-34-29(26)27)25-14-7-13-23(19-25)32-36-30(21-9-3-1-4-10-21)35-31(37-32)22-11-5-2-6-12-22;28-20-9-10-22-26(17-20)32(25-8-5-13-31-27(22)25)21-15-18(23-6-1-3-11-29-23)14-19(16-21)24-7-2-4-12-30-24;27-17-9-10-19-25(14-17)32(24-8-5-13-30-26(19)24)18-15-22(20-6-1-3-11-28-20)31-23(16-18)21-7-2-4-12-29-21/h1-21H;1-20H;1-17H;1-16H. The van der Waals surface area contributed by atoms with Crippen LogP contribution in [0.2, 0.25) is 0 Å². The van der Waals surface area contributed by atoms with Crippen molar-refractivity contribution in [2.75, 3.05) is 0 Å². The van der Waals surface area contributed by atoms with Crippen molar-refractivity contribution in [3.05, 3.63) is 468 Å². The van der Waals surface area contributed by atoms with Crippen molar-refractivity contribution in [1.82, 2.24) is 88.0 Å². The molecule has 0 N–H and O–H groups in total. The summed E-state index contributed by atoms with van der Waals surface area (Å²) < 4.78 is 13.1. The SMILES string of the molecule is Brc1ccc2c3ncccc3n(-c3cc(-c4ccccn4)cc(-c4ccccn4)c3)c2c1.Brc1ccc2c3ncccc3n(-c3cc(-c4ccccn4)nc(-c4ccccn4)c3)c2c1.Brc1ccc2c3ncccc3n(-c3cccc(-c4cc(-c5ccccc5)nc(-c5ccccc5)n4)c3)c2c1.Brc1ccc2c3ncccc3n(-c3cccc(-c4nc(-c5ccccc5)nc(-c5ccccc5)n4)c3)c2c1. The van der Waals surface area contributed by atoms with Gasteiger partial charge in [0, 0.05) is 151 Å². The molecule has 26 aromatic rings. The zero-order chi connectivity index (χ0) is 93.9. The molecule has 664 valence electrons. The monoisotopic (exact) mass is 2060 g/mol. The van der Waals surface area contributed by atoms with Gasteiger partial charge in [-0.25, -0.2) is 29.9 Å². The largest absolute Gasteiger partial charge is 0.308 e. The third kappa shape index (κ3) is 17.6. The highest BCUT2D eigenvalue weighted by Gasteiger charge is 2.24. The Hall–Kier alpha value is -17.0. The molecule has 26 rings (SSSR count). The first kappa shape index (κ1) is 87.1. The van der Waals surface area contributed by atoms with Gasteiger partial charge in [-0.3, -0.25) is 39.9 Å². The van der Waals surface area contributed by atoms with Gasteiger partial charge in [-0.2, -0.15) is 0 Å². The molecule has 0 spiro atoms. The van der Waals surface area contributed by atoms with Gasteiger partial charge in [-0.1, -0.05) is 234 Å². The molecule has 0 aliphatic heterocycles. The van der Waals surface area contributed by atoms with Crippen LogP contribution in [0.15, 0.2) is 468 Å². The van der Waals surface area contributed by atoms with Gasteiger partial charge in [0.25, 0.3) is 0 Å². The van der Waals surface area contributed by atoms with E-state index in [2.05, 4.69) is 293 Å². The van der Waals surface area contributed by atoms with Crippen molar-refractivity contribution in [2.45, 2.75) is 0 Å². The van der Waals surface area contributed by atoms with E-state index >= 15 is 0 Å². The van der Waals surface area contributed by atoms with Crippen LogP contribution in [0.25, 0.3) is 224 Å². The number of benzene rings is 11. The molecule has 15 heterocycles. The molecule has 0 radical (unpaired) electrons. The summed E-state index contributed by atoms with van der Waals surface area (Å²) in [5.74, 6) is 2.62. The van der Waals surface area contributed by atoms with Crippen molar-refractivity contribution in [1.29, 1.82) is 0 Å². The van der Waals surface area contributed by atoms with Crippen LogP contribution in [0.1, 0.15) is 0 Å². The molecule has 0 saturated heterocycles. The molecule has 18 nitrogen and oxygen atoms in total. The second-order valence-corrected chi connectivity index (χ2v) is 36.7. The lowest BCUT2D eigenvalue weighted by Gasteiger charge is -2.13. The lowest BCUT2D eigenvalue weighted by molar-refractivity contribution is 1.07. The molecule has 140 heavy (non-hydrogen) atoms. The first-order valence-corrected chi connectivity index (χ1v) is 48.3. The summed E-state index contributed by atoms with van der Waals surface area (Å²) >= 11 is 14.6. The topological polar surface area (TPSA) is 200 Å². The van der Waals surface area contributed by atoms with Gasteiger partial charge in [-0.15, -0.1) is 0 Å². The van der Waals surface area contributed by atoms with Crippen LogP contribution in [-0.2, 0) is 0 Å². The van der Waals surface area contributed by atoms with E-state index in [1.54, 1.807) is 12.4 Å². The van der Waals surface area contributed by atoms with E-state index in [4.69, 9.17) is 34.9 Å². The van der Waals surface area contributed by atoms with Crippen molar-refractivity contribution < 1.29 is 0 Å². The number of hydrogen-bond acceptors (Lipinski definition) is 14. The molecular formula is C118H74Br4N18. The zero-order valence-electron chi connectivity index (χ0n) is 74.3. The Balaban J connectivity index is 0.000000104. The van der Waals surface area contributed by atoms with Gasteiger partial charge >= 0.3 is 0 Å². The average molecular weight is 2060 g/mol. The predicted octanol–water partition coefficient (Wildman–Crippen LogP) is 30.4. The van der Waals surface area contributed by atoms with Crippen LogP contribution >= 0.6 is 63.7 Å². The van der Waals surface area contributed by atoms with Crippen LogP contribution in [0.4, 0.5) is 0 Å². The highest BCUT2D eigenvalue weighted by atomic mass is 79.9. The second kappa shape index (κ2) is 38.6. The fraction of sp³-hybridized carbons (Fsp3) is 0. The van der Waals surface area contributed by atoms with Crippen molar-refractivity contribution in [3.8, 4) is 136 Å². The minimum absolute atomic E-state index is 0.625. The number of halogens is 4. The lowest BCUT2D eigenvalue weighted by Crippen LogP contribution is -2.01. The minimum atomic E-state index is 0.625. The Morgan fingerprint density at radius 3 is 0.800 bits per heavy atom. The maximum atomic E-state index is 5.02. The lowest BCUT2D eigenvalue weighted by atomic mass is 10.0. The molecule has 0 fully saturated rings. The van der Waals surface area contributed by atoms with Gasteiger partial charge in [0.15, 0.2) is 23.3 Å². The van der Waals surface area contributed by atoms with E-state index in [0.29, 0.717) is 23.3 Å². The van der Waals surface area contributed by atoms with Crippen LogP contribution in [0.5, 0.6) is 0 Å². The van der Waals surface area contributed by atoms with Crippen molar-refractivity contribution in [2.24, 2.45) is 0 Å².